The molecule has 0 radical (unpaired) electrons. The Morgan fingerprint density at radius 3 is 2.14 bits per heavy atom. The van der Waals surface area contributed by atoms with Crippen LogP contribution in [0.1, 0.15) is 41.5 Å². The van der Waals surface area contributed by atoms with Crippen molar-refractivity contribution < 1.29 is 0 Å². The zero-order valence-electron chi connectivity index (χ0n) is 13.9. The summed E-state index contributed by atoms with van der Waals surface area (Å²) in [5, 5.41) is 11.5. The topological polar surface area (TPSA) is 28.0 Å². The number of hydrogen-bond acceptors (Lipinski definition) is 3. The molecule has 21 heavy (non-hydrogen) atoms. The van der Waals surface area contributed by atoms with Crippen molar-refractivity contribution in [3.63, 3.8) is 0 Å². The van der Waals surface area contributed by atoms with E-state index in [0.29, 0.717) is 11.8 Å². The maximum Gasteiger partial charge on any atom is 0.113 e. The summed E-state index contributed by atoms with van der Waals surface area (Å²) < 4.78 is 0. The molecule has 112 valence electrons. The maximum atomic E-state index is 4.75. The molecule has 3 heteroatoms. The third-order valence-corrected chi connectivity index (χ3v) is 6.41. The number of nitrogens with zero attached hydrogens (tertiary/aromatic N) is 3. The molecule has 0 bridgehead atoms. The number of rotatable bonds is 1. The summed E-state index contributed by atoms with van der Waals surface area (Å²) in [6.07, 6.45) is 0. The molecule has 0 saturated carbocycles. The van der Waals surface area contributed by atoms with Crippen molar-refractivity contribution in [2.24, 2.45) is 22.2 Å². The lowest BCUT2D eigenvalue weighted by Crippen LogP contribution is -2.64. The Balaban J connectivity index is 2.17. The Morgan fingerprint density at radius 1 is 0.952 bits per heavy atom. The summed E-state index contributed by atoms with van der Waals surface area (Å²) >= 11 is 0. The lowest BCUT2D eigenvalue weighted by molar-refractivity contribution is 0.158. The zero-order valence-corrected chi connectivity index (χ0v) is 13.9. The molecule has 3 nitrogen and oxygen atoms in total. The van der Waals surface area contributed by atoms with E-state index in [0.717, 1.165) is 5.69 Å². The van der Waals surface area contributed by atoms with Crippen molar-refractivity contribution in [2.45, 2.75) is 52.6 Å². The van der Waals surface area contributed by atoms with Crippen LogP contribution in [0.15, 0.2) is 51.8 Å². The van der Waals surface area contributed by atoms with Crippen LogP contribution in [-0.2, 0) is 0 Å². The van der Waals surface area contributed by atoms with Crippen LogP contribution >= 0.6 is 0 Å². The average molecular weight is 283 g/mol. The van der Waals surface area contributed by atoms with E-state index in [4.69, 9.17) is 5.11 Å². The van der Waals surface area contributed by atoms with Crippen LogP contribution in [0.5, 0.6) is 0 Å². The summed E-state index contributed by atoms with van der Waals surface area (Å²) in [6, 6.07) is 10.4. The van der Waals surface area contributed by atoms with Crippen LogP contribution in [0.4, 0.5) is 5.69 Å². The predicted molar refractivity (Wildman–Crippen MR) is 87.3 cm³/mol. The van der Waals surface area contributed by atoms with Gasteiger partial charge < -0.3 is 0 Å². The largest absolute Gasteiger partial charge is 0.238 e. The summed E-state index contributed by atoms with van der Waals surface area (Å²) in [5.41, 5.74) is 3.76. The summed E-state index contributed by atoms with van der Waals surface area (Å²) in [5.74, 6) is 0.810. The highest BCUT2D eigenvalue weighted by atomic mass is 15.6. The van der Waals surface area contributed by atoms with Gasteiger partial charge in [0.2, 0.25) is 0 Å². The van der Waals surface area contributed by atoms with Gasteiger partial charge >= 0.3 is 0 Å². The smallest absolute Gasteiger partial charge is 0.113 e. The summed E-state index contributed by atoms with van der Waals surface area (Å²) in [6.45, 7) is 13.7. The minimum absolute atomic E-state index is 0.128. The molecule has 1 aromatic carbocycles. The van der Waals surface area contributed by atoms with Crippen molar-refractivity contribution in [3.05, 3.63) is 41.5 Å². The molecule has 1 heterocycles. The molecular formula is C18H25N3. The molecule has 0 N–H and O–H groups in total. The van der Waals surface area contributed by atoms with Gasteiger partial charge in [0, 0.05) is 11.8 Å². The second-order valence-electron chi connectivity index (χ2n) is 6.94. The highest BCUT2D eigenvalue weighted by Gasteiger charge is 2.62. The van der Waals surface area contributed by atoms with E-state index in [9.17, 15) is 0 Å². The van der Waals surface area contributed by atoms with Crippen LogP contribution in [-0.4, -0.2) is 11.1 Å². The summed E-state index contributed by atoms with van der Waals surface area (Å²) in [4.78, 5) is 0. The normalized spacial score (nSPS) is 38.9. The molecule has 1 aliphatic carbocycles. The number of fused-ring (bicyclic) bond motifs is 1. The first-order valence-electron chi connectivity index (χ1n) is 7.79. The highest BCUT2D eigenvalue weighted by Crippen LogP contribution is 2.56. The molecule has 2 aliphatic rings. The van der Waals surface area contributed by atoms with Crippen LogP contribution in [0.3, 0.4) is 0 Å². The van der Waals surface area contributed by atoms with Gasteiger partial charge in [-0.15, -0.1) is 0 Å². The van der Waals surface area contributed by atoms with Crippen molar-refractivity contribution in [1.29, 1.82) is 0 Å². The zero-order chi connectivity index (χ0) is 15.4. The van der Waals surface area contributed by atoms with Crippen molar-refractivity contribution in [2.75, 3.05) is 5.01 Å². The van der Waals surface area contributed by atoms with Gasteiger partial charge in [-0.3, -0.25) is 0 Å². The van der Waals surface area contributed by atoms with Gasteiger partial charge in [0.25, 0.3) is 0 Å². The van der Waals surface area contributed by atoms with Gasteiger partial charge in [0.1, 0.15) is 5.54 Å². The number of benzene rings is 1. The molecule has 1 aliphatic heterocycles. The molecule has 0 saturated heterocycles. The quantitative estimate of drug-likeness (QED) is 0.665. The molecule has 0 fully saturated rings. The van der Waals surface area contributed by atoms with Crippen LogP contribution in [0.2, 0.25) is 0 Å². The fraction of sp³-hybridized carbons (Fsp3) is 0.556. The number of anilines is 1. The Kier molecular flexibility index (Phi) is 3.01. The first-order valence-corrected chi connectivity index (χ1v) is 7.79. The molecule has 4 unspecified atom stereocenters. The van der Waals surface area contributed by atoms with Crippen LogP contribution in [0.25, 0.3) is 0 Å². The van der Waals surface area contributed by atoms with Gasteiger partial charge in [0.15, 0.2) is 0 Å². The van der Waals surface area contributed by atoms with Gasteiger partial charge in [-0.1, -0.05) is 48.4 Å². The van der Waals surface area contributed by atoms with E-state index < -0.39 is 0 Å². The minimum Gasteiger partial charge on any atom is -0.238 e. The second-order valence-corrected chi connectivity index (χ2v) is 6.94. The van der Waals surface area contributed by atoms with E-state index in [2.05, 4.69) is 76.0 Å². The van der Waals surface area contributed by atoms with E-state index in [-0.39, 0.29) is 11.1 Å². The average Bonchev–Trinajstić information content (AvgIpc) is 2.78. The molecule has 3 rings (SSSR count). The first-order chi connectivity index (χ1) is 9.84. The third kappa shape index (κ3) is 1.60. The standard InChI is InChI=1S/C18H25N3/c1-12-13(2)15(4)18(6)17(5,14(12)3)19-20-21(18)16-10-8-7-9-11-16/h7-11,14-15H,1-6H3. The third-order valence-electron chi connectivity index (χ3n) is 6.41. The first kappa shape index (κ1) is 14.3. The SMILES string of the molecule is CC1=C(C)C(C)C2(C)N(c3ccccc3)N=NC2(C)C1C. The predicted octanol–water partition coefficient (Wildman–Crippen LogP) is 5.01. The fourth-order valence-corrected chi connectivity index (χ4v) is 4.11. The Morgan fingerprint density at radius 2 is 1.52 bits per heavy atom. The van der Waals surface area contributed by atoms with Crippen LogP contribution in [0, 0.1) is 11.8 Å². The van der Waals surface area contributed by atoms with Gasteiger partial charge in [-0.25, -0.2) is 5.01 Å². The molecule has 4 atom stereocenters. The van der Waals surface area contributed by atoms with E-state index in [1.807, 2.05) is 6.07 Å². The fourth-order valence-electron chi connectivity index (χ4n) is 4.11. The minimum atomic E-state index is -0.189. The Bertz CT molecular complexity index is 619. The molecule has 1 aromatic rings. The van der Waals surface area contributed by atoms with E-state index in [1.54, 1.807) is 0 Å². The van der Waals surface area contributed by atoms with Crippen molar-refractivity contribution in [1.82, 2.24) is 0 Å². The molecule has 0 spiro atoms. The molecule has 0 amide bonds. The maximum absolute atomic E-state index is 4.75. The van der Waals surface area contributed by atoms with E-state index in [1.165, 1.54) is 11.1 Å². The lowest BCUT2D eigenvalue weighted by atomic mass is 9.57. The Labute approximate surface area is 127 Å². The monoisotopic (exact) mass is 283 g/mol. The van der Waals surface area contributed by atoms with E-state index >= 15 is 0 Å². The van der Waals surface area contributed by atoms with Crippen molar-refractivity contribution >= 4 is 5.69 Å². The second kappa shape index (κ2) is 4.43. The van der Waals surface area contributed by atoms with Gasteiger partial charge in [-0.05, 0) is 39.8 Å². The summed E-state index contributed by atoms with van der Waals surface area (Å²) in [7, 11) is 0. The highest BCUT2D eigenvalue weighted by molar-refractivity contribution is 5.53. The van der Waals surface area contributed by atoms with Gasteiger partial charge in [-0.2, -0.15) is 5.11 Å². The molecule has 0 aromatic heterocycles. The van der Waals surface area contributed by atoms with Gasteiger partial charge in [0.05, 0.1) is 11.2 Å². The lowest BCUT2D eigenvalue weighted by Gasteiger charge is -2.53. The van der Waals surface area contributed by atoms with Crippen LogP contribution < -0.4 is 5.01 Å². The number of para-hydroxylation sites is 1. The number of hydrogen-bond donors (Lipinski definition) is 0. The Hall–Kier alpha value is -1.64. The van der Waals surface area contributed by atoms with Crippen molar-refractivity contribution in [3.8, 4) is 0 Å². The molecular weight excluding hydrogens is 258 g/mol.